The van der Waals surface area contributed by atoms with Crippen LogP contribution in [0.25, 0.3) is 0 Å². The van der Waals surface area contributed by atoms with E-state index in [1.54, 1.807) is 30.3 Å². The van der Waals surface area contributed by atoms with E-state index in [1.165, 1.54) is 12.1 Å². The molecule has 1 saturated heterocycles. The van der Waals surface area contributed by atoms with Gasteiger partial charge < -0.3 is 15.2 Å². The maximum Gasteiger partial charge on any atom is 0.293 e. The van der Waals surface area contributed by atoms with Crippen molar-refractivity contribution in [1.29, 1.82) is 0 Å². The van der Waals surface area contributed by atoms with Crippen LogP contribution in [-0.4, -0.2) is 30.7 Å². The Morgan fingerprint density at radius 1 is 1.22 bits per heavy atom. The van der Waals surface area contributed by atoms with E-state index in [4.69, 9.17) is 15.2 Å². The van der Waals surface area contributed by atoms with Crippen molar-refractivity contribution >= 4 is 17.6 Å². The van der Waals surface area contributed by atoms with Crippen LogP contribution < -0.4 is 11.1 Å². The monoisotopic (exact) mass is 369 g/mol. The summed E-state index contributed by atoms with van der Waals surface area (Å²) in [6.07, 6.45) is 0.422. The third-order valence-electron chi connectivity index (χ3n) is 4.89. The molecule has 3 N–H and O–H groups in total. The van der Waals surface area contributed by atoms with Crippen LogP contribution in [0.15, 0.2) is 53.5 Å². The van der Waals surface area contributed by atoms with Gasteiger partial charge in [0.2, 0.25) is 0 Å². The van der Waals surface area contributed by atoms with Gasteiger partial charge in [0.05, 0.1) is 18.8 Å². The van der Waals surface area contributed by atoms with Crippen LogP contribution in [0.3, 0.4) is 0 Å². The predicted octanol–water partition coefficient (Wildman–Crippen LogP) is 2.60. The van der Waals surface area contributed by atoms with Crippen LogP contribution in [0.2, 0.25) is 0 Å². The number of nitrogen functional groups attached to an aromatic ring is 1. The molecule has 2 aliphatic heterocycles. The summed E-state index contributed by atoms with van der Waals surface area (Å²) in [4.78, 5) is 17.0. The molecule has 6 nitrogen and oxygen atoms in total. The Labute approximate surface area is 156 Å². The van der Waals surface area contributed by atoms with Crippen LogP contribution in [0.1, 0.15) is 29.3 Å². The molecule has 0 saturated carbocycles. The molecule has 1 atom stereocenters. The molecule has 1 fully saturated rings. The first kappa shape index (κ1) is 17.5. The second kappa shape index (κ2) is 6.35. The number of anilines is 1. The number of nitrogens with zero attached hydrogens (tertiary/aromatic N) is 1. The van der Waals surface area contributed by atoms with E-state index in [2.05, 4.69) is 10.3 Å². The van der Waals surface area contributed by atoms with E-state index >= 15 is 0 Å². The highest BCUT2D eigenvalue weighted by Crippen LogP contribution is 2.43. The number of halogens is 1. The number of rotatable bonds is 2. The van der Waals surface area contributed by atoms with Crippen molar-refractivity contribution in [3.8, 4) is 0 Å². The summed E-state index contributed by atoms with van der Waals surface area (Å²) in [5.74, 6) is -0.747. The van der Waals surface area contributed by atoms with Gasteiger partial charge >= 0.3 is 0 Å². The van der Waals surface area contributed by atoms with Gasteiger partial charge in [-0.25, -0.2) is 9.38 Å². The van der Waals surface area contributed by atoms with Gasteiger partial charge in [0.25, 0.3) is 11.9 Å². The van der Waals surface area contributed by atoms with E-state index in [9.17, 15) is 9.18 Å². The number of amides is 1. The number of carbonyl (C=O) groups is 1. The molecule has 140 valence electrons. The van der Waals surface area contributed by atoms with E-state index in [0.29, 0.717) is 36.4 Å². The van der Waals surface area contributed by atoms with Crippen LogP contribution in [0.5, 0.6) is 0 Å². The molecule has 0 aromatic heterocycles. The normalized spacial score (nSPS) is 23.1. The molecule has 0 unspecified atom stereocenters. The van der Waals surface area contributed by atoms with Crippen molar-refractivity contribution in [1.82, 2.24) is 5.32 Å². The topological polar surface area (TPSA) is 85.9 Å². The summed E-state index contributed by atoms with van der Waals surface area (Å²) in [7, 11) is 0. The molecule has 2 aliphatic rings. The maximum absolute atomic E-state index is 14.5. The molecule has 2 aromatic carbocycles. The van der Waals surface area contributed by atoms with Gasteiger partial charge in [0.1, 0.15) is 5.82 Å². The molecule has 1 amide bonds. The van der Waals surface area contributed by atoms with Crippen LogP contribution in [-0.2, 0) is 15.0 Å². The van der Waals surface area contributed by atoms with E-state index < -0.39 is 17.0 Å². The van der Waals surface area contributed by atoms with E-state index in [0.717, 1.165) is 0 Å². The second-order valence-corrected chi connectivity index (χ2v) is 7.20. The Morgan fingerprint density at radius 2 is 1.96 bits per heavy atom. The maximum atomic E-state index is 14.5. The lowest BCUT2D eigenvalue weighted by Gasteiger charge is -2.48. The van der Waals surface area contributed by atoms with Crippen LogP contribution in [0, 0.1) is 5.82 Å². The Kier molecular flexibility index (Phi) is 4.11. The fourth-order valence-electron chi connectivity index (χ4n) is 3.57. The number of aliphatic imine (C=N–C) groups is 1. The van der Waals surface area contributed by atoms with E-state index in [-0.39, 0.29) is 11.9 Å². The molecular formula is C20H20FN3O3. The van der Waals surface area contributed by atoms with Crippen LogP contribution in [0.4, 0.5) is 10.1 Å². The van der Waals surface area contributed by atoms with Crippen molar-refractivity contribution in [3.63, 3.8) is 0 Å². The molecule has 0 aliphatic carbocycles. The molecule has 2 aromatic rings. The minimum absolute atomic E-state index is 0.0581. The molecule has 0 bridgehead atoms. The quantitative estimate of drug-likeness (QED) is 0.797. The highest BCUT2D eigenvalue weighted by atomic mass is 19.1. The van der Waals surface area contributed by atoms with Crippen molar-refractivity contribution < 1.29 is 18.7 Å². The zero-order chi connectivity index (χ0) is 19.1. The fraction of sp³-hybridized carbons (Fsp3) is 0.300. The minimum atomic E-state index is -0.944. The third-order valence-corrected chi connectivity index (χ3v) is 4.89. The zero-order valence-corrected chi connectivity index (χ0v) is 14.9. The number of hydrogen-bond acceptors (Lipinski definition) is 5. The molecular weight excluding hydrogens is 349 g/mol. The first-order chi connectivity index (χ1) is 12.9. The summed E-state index contributed by atoms with van der Waals surface area (Å²) < 4.78 is 25.8. The minimum Gasteiger partial charge on any atom is -0.453 e. The van der Waals surface area contributed by atoms with Crippen LogP contribution >= 0.6 is 0 Å². The Morgan fingerprint density at radius 3 is 2.63 bits per heavy atom. The van der Waals surface area contributed by atoms with Gasteiger partial charge in [-0.3, -0.25) is 10.1 Å². The molecule has 4 rings (SSSR count). The smallest absolute Gasteiger partial charge is 0.293 e. The van der Waals surface area contributed by atoms with Gasteiger partial charge in [-0.15, -0.1) is 0 Å². The molecule has 7 heteroatoms. The average Bonchev–Trinajstić information content (AvgIpc) is 2.62. The molecule has 0 radical (unpaired) electrons. The second-order valence-electron chi connectivity index (χ2n) is 7.20. The van der Waals surface area contributed by atoms with Gasteiger partial charge in [-0.2, -0.15) is 0 Å². The summed E-state index contributed by atoms with van der Waals surface area (Å²) >= 11 is 0. The first-order valence-electron chi connectivity index (χ1n) is 8.68. The summed E-state index contributed by atoms with van der Waals surface area (Å²) in [5.41, 5.74) is 5.56. The number of ether oxygens (including phenoxy) is 2. The number of amidine groups is 1. The lowest BCUT2D eigenvalue weighted by Crippen LogP contribution is -2.60. The lowest BCUT2D eigenvalue weighted by molar-refractivity contribution is -0.187. The highest BCUT2D eigenvalue weighted by Gasteiger charge is 2.52. The zero-order valence-electron chi connectivity index (χ0n) is 14.9. The molecule has 1 spiro atoms. The van der Waals surface area contributed by atoms with E-state index in [1.807, 2.05) is 13.0 Å². The summed E-state index contributed by atoms with van der Waals surface area (Å²) in [5, 5.41) is 2.70. The van der Waals surface area contributed by atoms with Gasteiger partial charge in [0.15, 0.2) is 5.60 Å². The van der Waals surface area contributed by atoms with Gasteiger partial charge in [-0.1, -0.05) is 18.2 Å². The Bertz CT molecular complexity index is 912. The van der Waals surface area contributed by atoms with Crippen molar-refractivity contribution in [3.05, 3.63) is 65.5 Å². The van der Waals surface area contributed by atoms with Crippen molar-refractivity contribution in [2.45, 2.75) is 24.5 Å². The first-order valence-corrected chi connectivity index (χ1v) is 8.68. The third kappa shape index (κ3) is 3.26. The Balaban J connectivity index is 1.70. The van der Waals surface area contributed by atoms with Crippen molar-refractivity contribution in [2.24, 2.45) is 4.99 Å². The SMILES string of the molecule is C[C@@]1(c2cc(N)ccc2F)CC2(COC2)OC(NC(=O)c2ccccc2)=N1. The summed E-state index contributed by atoms with van der Waals surface area (Å²) in [6.45, 7) is 2.52. The van der Waals surface area contributed by atoms with Gasteiger partial charge in [-0.05, 0) is 37.3 Å². The standard InChI is InChI=1S/C20H20FN3O3/c1-19(15-9-14(22)7-8-16(15)21)10-20(11-26-12-20)27-18(24-19)23-17(25)13-5-3-2-4-6-13/h2-9H,10-12,22H2,1H3,(H,23,24,25)/t19-/m0/s1. The number of nitrogens with one attached hydrogen (secondary N) is 1. The predicted molar refractivity (Wildman–Crippen MR) is 98.8 cm³/mol. The highest BCUT2D eigenvalue weighted by molar-refractivity contribution is 6.04. The Hall–Kier alpha value is -2.93. The molecule has 2 heterocycles. The number of hydrogen-bond donors (Lipinski definition) is 2. The lowest BCUT2D eigenvalue weighted by atomic mass is 9.78. The fourth-order valence-corrected chi connectivity index (χ4v) is 3.57. The van der Waals surface area contributed by atoms with Crippen molar-refractivity contribution in [2.75, 3.05) is 18.9 Å². The summed E-state index contributed by atoms with van der Waals surface area (Å²) in [6, 6.07) is 13.2. The average molecular weight is 369 g/mol. The molecule has 27 heavy (non-hydrogen) atoms. The number of carbonyl (C=O) groups excluding carboxylic acids is 1. The number of nitrogens with two attached hydrogens (primary N) is 1. The van der Waals surface area contributed by atoms with Gasteiger partial charge in [0, 0.05) is 23.2 Å². The number of benzene rings is 2. The largest absolute Gasteiger partial charge is 0.453 e.